The summed E-state index contributed by atoms with van der Waals surface area (Å²) in [6.07, 6.45) is -0.351. The summed E-state index contributed by atoms with van der Waals surface area (Å²) < 4.78 is 10.1. The van der Waals surface area contributed by atoms with Gasteiger partial charge in [0.15, 0.2) is 0 Å². The normalized spacial score (nSPS) is 14.8. The highest BCUT2D eigenvalue weighted by Gasteiger charge is 2.26. The number of nitrogens with zero attached hydrogens (tertiary/aromatic N) is 2. The molecular weight excluding hydrogens is 296 g/mol. The van der Waals surface area contributed by atoms with Gasteiger partial charge in [0.1, 0.15) is 5.75 Å². The van der Waals surface area contributed by atoms with E-state index in [2.05, 4.69) is 13.8 Å². The Morgan fingerprint density at radius 1 is 1.04 bits per heavy atom. The molecular formula is C17H24N2O4. The van der Waals surface area contributed by atoms with Crippen molar-refractivity contribution in [2.24, 2.45) is 0 Å². The van der Waals surface area contributed by atoms with Crippen LogP contribution in [0.3, 0.4) is 0 Å². The average Bonchev–Trinajstić information content (AvgIpc) is 2.59. The molecule has 1 fully saturated rings. The molecule has 23 heavy (non-hydrogen) atoms. The third-order valence-corrected chi connectivity index (χ3v) is 4.12. The zero-order valence-electron chi connectivity index (χ0n) is 14.2. The smallest absolute Gasteiger partial charge is 0.409 e. The first-order valence-corrected chi connectivity index (χ1v) is 7.78. The average molecular weight is 320 g/mol. The summed E-state index contributed by atoms with van der Waals surface area (Å²) >= 11 is 0. The molecule has 1 aliphatic heterocycles. The lowest BCUT2D eigenvalue weighted by molar-refractivity contribution is 0.0597. The van der Waals surface area contributed by atoms with Crippen molar-refractivity contribution in [1.82, 2.24) is 9.80 Å². The molecule has 0 radical (unpaired) electrons. The lowest BCUT2D eigenvalue weighted by atomic mass is 10.0. The van der Waals surface area contributed by atoms with Crippen molar-refractivity contribution in [2.75, 3.05) is 40.4 Å². The van der Waals surface area contributed by atoms with Gasteiger partial charge in [-0.25, -0.2) is 4.79 Å². The van der Waals surface area contributed by atoms with Crippen molar-refractivity contribution in [3.8, 4) is 5.75 Å². The molecule has 0 bridgehead atoms. The molecule has 1 aromatic rings. The van der Waals surface area contributed by atoms with Crippen LogP contribution in [0.25, 0.3) is 0 Å². The fraction of sp³-hybridized carbons (Fsp3) is 0.529. The number of carbonyl (C=O) groups is 2. The van der Waals surface area contributed by atoms with Gasteiger partial charge in [0.05, 0.1) is 19.8 Å². The van der Waals surface area contributed by atoms with E-state index >= 15 is 0 Å². The molecule has 1 saturated heterocycles. The quantitative estimate of drug-likeness (QED) is 0.858. The fourth-order valence-electron chi connectivity index (χ4n) is 2.64. The van der Waals surface area contributed by atoms with Gasteiger partial charge in [0, 0.05) is 26.2 Å². The van der Waals surface area contributed by atoms with Crippen LogP contribution in [0.4, 0.5) is 4.79 Å². The summed E-state index contributed by atoms with van der Waals surface area (Å²) in [5.74, 6) is 0.898. The maximum Gasteiger partial charge on any atom is 0.409 e. The number of hydrogen-bond acceptors (Lipinski definition) is 4. The number of rotatable bonds is 3. The Kier molecular flexibility index (Phi) is 5.47. The first kappa shape index (κ1) is 17.1. The molecule has 0 unspecified atom stereocenters. The van der Waals surface area contributed by atoms with Gasteiger partial charge in [0.25, 0.3) is 5.91 Å². The molecule has 0 aromatic heterocycles. The van der Waals surface area contributed by atoms with Crippen molar-refractivity contribution < 1.29 is 19.1 Å². The molecule has 6 nitrogen and oxygen atoms in total. The van der Waals surface area contributed by atoms with E-state index in [4.69, 9.17) is 9.47 Å². The lowest BCUT2D eigenvalue weighted by Gasteiger charge is -2.34. The molecule has 2 amide bonds. The molecule has 0 spiro atoms. The standard InChI is InChI=1S/C17H24N2O4/c1-12(2)13-5-6-14(15(11-13)22-3)16(20)18-7-9-19(10-8-18)17(21)23-4/h5-6,11-12H,7-10H2,1-4H3. The van der Waals surface area contributed by atoms with Crippen molar-refractivity contribution in [3.63, 3.8) is 0 Å². The molecule has 0 N–H and O–H groups in total. The number of ether oxygens (including phenoxy) is 2. The lowest BCUT2D eigenvalue weighted by Crippen LogP contribution is -2.50. The molecule has 126 valence electrons. The van der Waals surface area contributed by atoms with E-state index in [9.17, 15) is 9.59 Å². The van der Waals surface area contributed by atoms with Crippen LogP contribution in [0.1, 0.15) is 35.7 Å². The minimum atomic E-state index is -0.351. The number of piperazine rings is 1. The Balaban J connectivity index is 2.11. The predicted molar refractivity (Wildman–Crippen MR) is 87.0 cm³/mol. The largest absolute Gasteiger partial charge is 0.496 e. The second-order valence-corrected chi connectivity index (χ2v) is 5.86. The van der Waals surface area contributed by atoms with Crippen LogP contribution < -0.4 is 4.74 Å². The van der Waals surface area contributed by atoms with Crippen LogP contribution in [0.5, 0.6) is 5.75 Å². The van der Waals surface area contributed by atoms with E-state index in [1.54, 1.807) is 16.9 Å². The van der Waals surface area contributed by atoms with E-state index in [1.165, 1.54) is 7.11 Å². The van der Waals surface area contributed by atoms with Crippen LogP contribution >= 0.6 is 0 Å². The Hall–Kier alpha value is -2.24. The molecule has 6 heteroatoms. The maximum atomic E-state index is 12.7. The Morgan fingerprint density at radius 2 is 1.65 bits per heavy atom. The second kappa shape index (κ2) is 7.35. The third-order valence-electron chi connectivity index (χ3n) is 4.12. The first-order valence-electron chi connectivity index (χ1n) is 7.78. The van der Waals surface area contributed by atoms with E-state index < -0.39 is 0 Å². The summed E-state index contributed by atoms with van der Waals surface area (Å²) in [6.45, 7) is 6.13. The topological polar surface area (TPSA) is 59.1 Å². The zero-order valence-corrected chi connectivity index (χ0v) is 14.2. The van der Waals surface area contributed by atoms with Gasteiger partial charge in [0.2, 0.25) is 0 Å². The van der Waals surface area contributed by atoms with Crippen LogP contribution in [-0.4, -0.2) is 62.2 Å². The van der Waals surface area contributed by atoms with E-state index in [-0.39, 0.29) is 12.0 Å². The second-order valence-electron chi connectivity index (χ2n) is 5.86. The van der Waals surface area contributed by atoms with Crippen LogP contribution in [0, 0.1) is 0 Å². The van der Waals surface area contributed by atoms with Gasteiger partial charge in [-0.1, -0.05) is 19.9 Å². The highest BCUT2D eigenvalue weighted by Crippen LogP contribution is 2.26. The molecule has 1 heterocycles. The first-order chi connectivity index (χ1) is 11.0. The fourth-order valence-corrected chi connectivity index (χ4v) is 2.64. The number of hydrogen-bond donors (Lipinski definition) is 0. The van der Waals surface area contributed by atoms with Crippen LogP contribution in [0.15, 0.2) is 18.2 Å². The Morgan fingerprint density at radius 3 is 2.17 bits per heavy atom. The predicted octanol–water partition coefficient (Wildman–Crippen LogP) is 2.34. The summed E-state index contributed by atoms with van der Waals surface area (Å²) in [7, 11) is 2.94. The van der Waals surface area contributed by atoms with Gasteiger partial charge in [-0.05, 0) is 23.6 Å². The van der Waals surface area contributed by atoms with Gasteiger partial charge in [-0.15, -0.1) is 0 Å². The van der Waals surface area contributed by atoms with Gasteiger partial charge in [-0.2, -0.15) is 0 Å². The van der Waals surface area contributed by atoms with E-state index in [0.29, 0.717) is 43.4 Å². The zero-order chi connectivity index (χ0) is 17.0. The highest BCUT2D eigenvalue weighted by molar-refractivity contribution is 5.97. The summed E-state index contributed by atoms with van der Waals surface area (Å²) in [6, 6.07) is 5.71. The monoisotopic (exact) mass is 320 g/mol. The summed E-state index contributed by atoms with van der Waals surface area (Å²) in [5.41, 5.74) is 1.69. The Labute approximate surface area is 137 Å². The SMILES string of the molecule is COC(=O)N1CCN(C(=O)c2ccc(C(C)C)cc2OC)CC1. The van der Waals surface area contributed by atoms with Crippen molar-refractivity contribution in [1.29, 1.82) is 0 Å². The number of amides is 2. The van der Waals surface area contributed by atoms with Crippen LogP contribution in [-0.2, 0) is 4.74 Å². The van der Waals surface area contributed by atoms with Gasteiger partial charge >= 0.3 is 6.09 Å². The molecule has 0 atom stereocenters. The number of carbonyl (C=O) groups excluding carboxylic acids is 2. The van der Waals surface area contributed by atoms with E-state index in [1.807, 2.05) is 18.2 Å². The number of benzene rings is 1. The van der Waals surface area contributed by atoms with Crippen molar-refractivity contribution in [2.45, 2.75) is 19.8 Å². The van der Waals surface area contributed by atoms with E-state index in [0.717, 1.165) is 5.56 Å². The highest BCUT2D eigenvalue weighted by atomic mass is 16.5. The third kappa shape index (κ3) is 3.75. The summed E-state index contributed by atoms with van der Waals surface area (Å²) in [5, 5.41) is 0. The van der Waals surface area contributed by atoms with Crippen molar-refractivity contribution in [3.05, 3.63) is 29.3 Å². The maximum absolute atomic E-state index is 12.7. The molecule has 1 aromatic carbocycles. The van der Waals surface area contributed by atoms with Crippen molar-refractivity contribution >= 4 is 12.0 Å². The number of methoxy groups -OCH3 is 2. The Bertz CT molecular complexity index is 578. The molecule has 2 rings (SSSR count). The summed E-state index contributed by atoms with van der Waals surface area (Å²) in [4.78, 5) is 27.6. The molecule has 0 aliphatic carbocycles. The van der Waals surface area contributed by atoms with Gasteiger partial charge < -0.3 is 19.3 Å². The molecule has 0 saturated carbocycles. The minimum Gasteiger partial charge on any atom is -0.496 e. The molecule has 1 aliphatic rings. The minimum absolute atomic E-state index is 0.0679. The van der Waals surface area contributed by atoms with Crippen LogP contribution in [0.2, 0.25) is 0 Å². The van der Waals surface area contributed by atoms with Gasteiger partial charge in [-0.3, -0.25) is 4.79 Å².